The Morgan fingerprint density at radius 2 is 1.81 bits per heavy atom. The lowest BCUT2D eigenvalue weighted by atomic mass is 9.81. The van der Waals surface area contributed by atoms with Crippen molar-refractivity contribution in [2.24, 2.45) is 10.1 Å². The van der Waals surface area contributed by atoms with Gasteiger partial charge in [0.1, 0.15) is 5.75 Å². The van der Waals surface area contributed by atoms with Gasteiger partial charge in [-0.05, 0) is 40.9 Å². The van der Waals surface area contributed by atoms with Crippen LogP contribution in [-0.4, -0.2) is 54.7 Å². The van der Waals surface area contributed by atoms with Crippen LogP contribution in [0.4, 0.5) is 5.69 Å². The summed E-state index contributed by atoms with van der Waals surface area (Å²) in [4.78, 5) is 23.3. The number of hydrogen-bond acceptors (Lipinski definition) is 6. The number of aliphatic imine (C=N–C) groups is 1. The van der Waals surface area contributed by atoms with Crippen molar-refractivity contribution >= 4 is 17.5 Å². The van der Waals surface area contributed by atoms with Crippen LogP contribution in [0.5, 0.6) is 5.75 Å². The molecule has 1 amide bonds. The summed E-state index contributed by atoms with van der Waals surface area (Å²) in [7, 11) is 3.38. The minimum absolute atomic E-state index is 0.0639. The Kier molecular flexibility index (Phi) is 8.08. The quantitative estimate of drug-likeness (QED) is 0.183. The molecule has 0 fully saturated rings. The minimum atomic E-state index is -1.34. The number of azide groups is 1. The van der Waals surface area contributed by atoms with E-state index in [-0.39, 0.29) is 18.9 Å². The van der Waals surface area contributed by atoms with Crippen molar-refractivity contribution in [2.75, 3.05) is 27.3 Å². The zero-order chi connectivity index (χ0) is 26.3. The maximum Gasteiger partial charge on any atom is 0.254 e. The van der Waals surface area contributed by atoms with Crippen LogP contribution in [-0.2, 0) is 16.0 Å². The zero-order valence-electron chi connectivity index (χ0n) is 20.8. The second-order valence-corrected chi connectivity index (χ2v) is 8.89. The third-order valence-electron chi connectivity index (χ3n) is 6.12. The van der Waals surface area contributed by atoms with E-state index in [0.29, 0.717) is 41.5 Å². The second-order valence-electron chi connectivity index (χ2n) is 8.89. The summed E-state index contributed by atoms with van der Waals surface area (Å²) in [5.74, 6) is 0.776. The first-order valence-corrected chi connectivity index (χ1v) is 12.0. The van der Waals surface area contributed by atoms with Crippen LogP contribution in [0.25, 0.3) is 10.4 Å². The number of benzene rings is 3. The first-order chi connectivity index (χ1) is 18.0. The van der Waals surface area contributed by atoms with E-state index in [9.17, 15) is 4.79 Å². The molecule has 0 bridgehead atoms. The van der Waals surface area contributed by atoms with Gasteiger partial charge in [-0.25, -0.2) is 4.99 Å². The van der Waals surface area contributed by atoms with Crippen molar-refractivity contribution in [1.29, 1.82) is 0 Å². The minimum Gasteiger partial charge on any atom is -0.494 e. The van der Waals surface area contributed by atoms with E-state index in [4.69, 9.17) is 25.1 Å². The normalized spacial score (nSPS) is 18.4. The summed E-state index contributed by atoms with van der Waals surface area (Å²) < 4.78 is 12.1. The molecular formula is C28H29N5O4. The highest BCUT2D eigenvalue weighted by Gasteiger charge is 2.54. The molecule has 190 valence electrons. The fourth-order valence-corrected chi connectivity index (χ4v) is 4.38. The van der Waals surface area contributed by atoms with Gasteiger partial charge < -0.3 is 19.5 Å². The third-order valence-corrected chi connectivity index (χ3v) is 6.12. The van der Waals surface area contributed by atoms with Crippen molar-refractivity contribution in [1.82, 2.24) is 4.90 Å². The Bertz CT molecular complexity index is 1300. The molecule has 1 aliphatic heterocycles. The highest BCUT2D eigenvalue weighted by Crippen LogP contribution is 2.44. The number of ether oxygens (including phenoxy) is 2. The number of aliphatic hydroxyl groups excluding tert-OH is 1. The third kappa shape index (κ3) is 5.58. The average Bonchev–Trinajstić information content (AvgIpc) is 3.31. The number of likely N-dealkylation sites (N-methyl/N-ethyl adjacent to an activating group) is 1. The maximum absolute atomic E-state index is 13.9. The van der Waals surface area contributed by atoms with Crippen LogP contribution in [0, 0.1) is 0 Å². The number of hydrogen-bond donors (Lipinski definition) is 1. The Hall–Kier alpha value is -4.33. The summed E-state index contributed by atoms with van der Waals surface area (Å²) >= 11 is 0. The molecule has 1 heterocycles. The van der Waals surface area contributed by atoms with Gasteiger partial charge in [0.05, 0.1) is 6.61 Å². The van der Waals surface area contributed by atoms with Crippen LogP contribution in [0.1, 0.15) is 29.2 Å². The largest absolute Gasteiger partial charge is 0.494 e. The number of aliphatic hydroxyl groups is 1. The number of amides is 1. The summed E-state index contributed by atoms with van der Waals surface area (Å²) in [6, 6.07) is 24.0. The molecule has 37 heavy (non-hydrogen) atoms. The van der Waals surface area contributed by atoms with Gasteiger partial charge in [-0.15, -0.1) is 0 Å². The highest BCUT2D eigenvalue weighted by molar-refractivity contribution is 6.01. The molecule has 4 rings (SSSR count). The smallest absolute Gasteiger partial charge is 0.254 e. The zero-order valence-corrected chi connectivity index (χ0v) is 20.8. The predicted molar refractivity (Wildman–Crippen MR) is 141 cm³/mol. The molecule has 3 aromatic carbocycles. The van der Waals surface area contributed by atoms with Gasteiger partial charge in [-0.2, -0.15) is 0 Å². The SMILES string of the molecule is CN(C)C(=O)[C@@]1(Cc2ccccc2N=[N+]=[N-])N=C(c2ccc(OCCCO)cc2)O[C@H]1c1ccccc1. The molecule has 0 saturated carbocycles. The molecule has 0 aliphatic carbocycles. The van der Waals surface area contributed by atoms with E-state index in [1.807, 2.05) is 54.6 Å². The summed E-state index contributed by atoms with van der Waals surface area (Å²) in [5.41, 5.74) is 10.4. The van der Waals surface area contributed by atoms with E-state index in [1.165, 1.54) is 4.90 Å². The fraction of sp³-hybridized carbons (Fsp3) is 0.286. The average molecular weight is 500 g/mol. The summed E-state index contributed by atoms with van der Waals surface area (Å²) in [5, 5.41) is 12.8. The lowest BCUT2D eigenvalue weighted by molar-refractivity contribution is -0.137. The van der Waals surface area contributed by atoms with Gasteiger partial charge in [0.2, 0.25) is 5.90 Å². The molecule has 0 unspecified atom stereocenters. The second kappa shape index (κ2) is 11.6. The van der Waals surface area contributed by atoms with Crippen LogP contribution in [0.2, 0.25) is 0 Å². The predicted octanol–water partition coefficient (Wildman–Crippen LogP) is 4.98. The first kappa shape index (κ1) is 25.8. The van der Waals surface area contributed by atoms with Crippen molar-refractivity contribution < 1.29 is 19.4 Å². The monoisotopic (exact) mass is 499 g/mol. The van der Waals surface area contributed by atoms with Gasteiger partial charge in [0.25, 0.3) is 5.91 Å². The molecule has 3 aromatic rings. The number of nitrogens with zero attached hydrogens (tertiary/aromatic N) is 5. The topological polar surface area (TPSA) is 120 Å². The van der Waals surface area contributed by atoms with E-state index in [2.05, 4.69) is 10.0 Å². The van der Waals surface area contributed by atoms with Crippen LogP contribution < -0.4 is 4.74 Å². The van der Waals surface area contributed by atoms with Crippen LogP contribution in [0.15, 0.2) is 89.0 Å². The molecule has 0 aromatic heterocycles. The summed E-state index contributed by atoms with van der Waals surface area (Å²) in [6.45, 7) is 0.475. The van der Waals surface area contributed by atoms with Crippen molar-refractivity contribution in [3.05, 3.63) is 106 Å². The number of rotatable bonds is 10. The molecule has 1 N–H and O–H groups in total. The Morgan fingerprint density at radius 3 is 2.49 bits per heavy atom. The highest BCUT2D eigenvalue weighted by atomic mass is 16.5. The lowest BCUT2D eigenvalue weighted by Gasteiger charge is -2.33. The Balaban J connectivity index is 1.81. The van der Waals surface area contributed by atoms with Crippen LogP contribution in [0.3, 0.4) is 0 Å². The van der Waals surface area contributed by atoms with Gasteiger partial charge in [-0.3, -0.25) is 4.79 Å². The van der Waals surface area contributed by atoms with Gasteiger partial charge in [0, 0.05) is 49.7 Å². The molecule has 9 heteroatoms. The van der Waals surface area contributed by atoms with E-state index in [0.717, 1.165) is 5.56 Å². The standard InChI is InChI=1S/C28H29N5O4/c1-33(2)27(35)28(19-22-11-6-7-12-24(22)31-32-29)25(20-9-4-3-5-10-20)37-26(30-28)21-13-15-23(16-14-21)36-18-8-17-34/h3-7,9-16,25,34H,8,17-19H2,1-2H3/t25-,28-/m0/s1. The molecule has 9 nitrogen and oxygen atoms in total. The van der Waals surface area contributed by atoms with Crippen molar-refractivity contribution in [3.63, 3.8) is 0 Å². The summed E-state index contributed by atoms with van der Waals surface area (Å²) in [6.07, 6.45) is 0.00571. The molecule has 1 aliphatic rings. The molecular weight excluding hydrogens is 470 g/mol. The van der Waals surface area contributed by atoms with E-state index >= 15 is 0 Å². The van der Waals surface area contributed by atoms with Gasteiger partial charge in [0.15, 0.2) is 11.6 Å². The Labute approximate surface area is 215 Å². The number of carbonyl (C=O) groups is 1. The van der Waals surface area contributed by atoms with E-state index in [1.54, 1.807) is 38.4 Å². The van der Waals surface area contributed by atoms with E-state index < -0.39 is 11.6 Å². The van der Waals surface area contributed by atoms with Gasteiger partial charge >= 0.3 is 0 Å². The Morgan fingerprint density at radius 1 is 1.11 bits per heavy atom. The van der Waals surface area contributed by atoms with Crippen molar-refractivity contribution in [2.45, 2.75) is 24.5 Å². The number of carbonyl (C=O) groups excluding carboxylic acids is 1. The van der Waals surface area contributed by atoms with Gasteiger partial charge in [-0.1, -0.05) is 59.7 Å². The molecule has 0 saturated heterocycles. The molecule has 0 spiro atoms. The maximum atomic E-state index is 13.9. The van der Waals surface area contributed by atoms with Crippen molar-refractivity contribution in [3.8, 4) is 5.75 Å². The first-order valence-electron chi connectivity index (χ1n) is 12.0. The lowest BCUT2D eigenvalue weighted by Crippen LogP contribution is -2.49. The van der Waals surface area contributed by atoms with Crippen LogP contribution >= 0.6 is 0 Å². The molecule has 2 atom stereocenters. The molecule has 0 radical (unpaired) electrons. The fourth-order valence-electron chi connectivity index (χ4n) is 4.38.